The first-order valence-electron chi connectivity index (χ1n) is 11.5. The first kappa shape index (κ1) is 19.0. The van der Waals surface area contributed by atoms with Crippen molar-refractivity contribution in [3.05, 3.63) is 96.8 Å². The molecule has 0 unspecified atom stereocenters. The Morgan fingerprint density at radius 1 is 0.647 bits per heavy atom. The van der Waals surface area contributed by atoms with E-state index in [-0.39, 0.29) is 0 Å². The van der Waals surface area contributed by atoms with Gasteiger partial charge >= 0.3 is 0 Å². The molecule has 0 aliphatic carbocycles. The number of rotatable bonds is 3. The van der Waals surface area contributed by atoms with Crippen molar-refractivity contribution in [2.45, 2.75) is 13.3 Å². The summed E-state index contributed by atoms with van der Waals surface area (Å²) in [5, 5.41) is 0. The molecule has 0 saturated carbocycles. The van der Waals surface area contributed by atoms with Crippen molar-refractivity contribution in [1.29, 1.82) is 0 Å². The largest absolute Gasteiger partial charge is 0.453 e. The number of nitrogens with zero attached hydrogens (tertiary/aromatic N) is 4. The quantitative estimate of drug-likeness (QED) is 0.298. The zero-order valence-corrected chi connectivity index (χ0v) is 18.6. The number of hydrogen-bond donors (Lipinski definition) is 0. The molecule has 0 radical (unpaired) electrons. The molecule has 0 atom stereocenters. The van der Waals surface area contributed by atoms with E-state index in [2.05, 4.69) is 41.8 Å². The normalized spacial score (nSPS) is 12.0. The number of fused-ring (bicyclic) bond motifs is 3. The third-order valence-electron chi connectivity index (χ3n) is 6.34. The van der Waals surface area contributed by atoms with E-state index in [1.807, 2.05) is 60.7 Å². The van der Waals surface area contributed by atoms with Crippen LogP contribution in [0.3, 0.4) is 0 Å². The van der Waals surface area contributed by atoms with Crippen molar-refractivity contribution in [2.24, 2.45) is 0 Å². The summed E-state index contributed by atoms with van der Waals surface area (Å²) in [7, 11) is 0. The Hall–Kier alpha value is -4.51. The Labute approximate surface area is 196 Å². The second-order valence-corrected chi connectivity index (χ2v) is 8.40. The molecule has 1 aliphatic rings. The molecule has 0 N–H and O–H groups in total. The van der Waals surface area contributed by atoms with Crippen molar-refractivity contribution in [2.75, 3.05) is 0 Å². The minimum absolute atomic E-state index is 0.791. The van der Waals surface area contributed by atoms with E-state index in [1.165, 1.54) is 0 Å². The van der Waals surface area contributed by atoms with Gasteiger partial charge in [-0.15, -0.1) is 0 Å². The lowest BCUT2D eigenvalue weighted by Gasteiger charge is -2.22. The lowest BCUT2D eigenvalue weighted by atomic mass is 10.0. The summed E-state index contributed by atoms with van der Waals surface area (Å²) in [4.78, 5) is 14.9. The lowest BCUT2D eigenvalue weighted by Crippen LogP contribution is -2.07. The molecule has 0 spiro atoms. The average molecular weight is 441 g/mol. The predicted octanol–water partition coefficient (Wildman–Crippen LogP) is 6.97. The molecule has 6 aromatic rings. The maximum Gasteiger partial charge on any atom is 0.153 e. The summed E-state index contributed by atoms with van der Waals surface area (Å²) >= 11 is 0. The number of ether oxygens (including phenoxy) is 1. The second-order valence-electron chi connectivity index (χ2n) is 8.40. The van der Waals surface area contributed by atoms with Gasteiger partial charge in [-0.1, -0.05) is 61.5 Å². The van der Waals surface area contributed by atoms with Gasteiger partial charge in [0.05, 0.1) is 33.6 Å². The molecule has 0 amide bonds. The SMILES string of the molecule is CCc1nc2cccc3c2n1-c1ccc(-c2nc4ccccc4nc2-c2ccccc2)cc1O3. The van der Waals surface area contributed by atoms with Gasteiger partial charge < -0.3 is 4.74 Å². The molecule has 0 saturated heterocycles. The molecule has 34 heavy (non-hydrogen) atoms. The molecule has 162 valence electrons. The van der Waals surface area contributed by atoms with Gasteiger partial charge in [0.1, 0.15) is 11.3 Å². The predicted molar refractivity (Wildman–Crippen MR) is 134 cm³/mol. The number of hydrogen-bond acceptors (Lipinski definition) is 4. The van der Waals surface area contributed by atoms with Crippen LogP contribution in [-0.2, 0) is 6.42 Å². The summed E-state index contributed by atoms with van der Waals surface area (Å²) in [6, 6.07) is 30.5. The minimum Gasteiger partial charge on any atom is -0.453 e. The highest BCUT2D eigenvalue weighted by Crippen LogP contribution is 2.43. The van der Waals surface area contributed by atoms with E-state index >= 15 is 0 Å². The van der Waals surface area contributed by atoms with E-state index in [0.29, 0.717) is 0 Å². The molecular formula is C29H20N4O. The van der Waals surface area contributed by atoms with Crippen LogP contribution in [0.2, 0.25) is 0 Å². The minimum atomic E-state index is 0.791. The van der Waals surface area contributed by atoms with Gasteiger partial charge in [-0.3, -0.25) is 4.57 Å². The van der Waals surface area contributed by atoms with E-state index in [9.17, 15) is 0 Å². The van der Waals surface area contributed by atoms with E-state index in [4.69, 9.17) is 19.7 Å². The summed E-state index contributed by atoms with van der Waals surface area (Å²) in [5.41, 5.74) is 8.40. The first-order valence-corrected chi connectivity index (χ1v) is 11.5. The van der Waals surface area contributed by atoms with Crippen molar-refractivity contribution >= 4 is 22.1 Å². The number of aryl methyl sites for hydroxylation is 1. The van der Waals surface area contributed by atoms with Gasteiger partial charge in [0.15, 0.2) is 11.5 Å². The molecule has 4 aromatic carbocycles. The lowest BCUT2D eigenvalue weighted by molar-refractivity contribution is 0.474. The highest BCUT2D eigenvalue weighted by Gasteiger charge is 2.24. The molecule has 5 nitrogen and oxygen atoms in total. The summed E-state index contributed by atoms with van der Waals surface area (Å²) in [5.74, 6) is 2.64. The third-order valence-corrected chi connectivity index (χ3v) is 6.34. The van der Waals surface area contributed by atoms with E-state index in [1.54, 1.807) is 0 Å². The van der Waals surface area contributed by atoms with Crippen LogP contribution >= 0.6 is 0 Å². The Balaban J connectivity index is 1.47. The molecule has 0 fully saturated rings. The number of para-hydroxylation sites is 3. The van der Waals surface area contributed by atoms with Crippen LogP contribution in [0.25, 0.3) is 50.3 Å². The summed E-state index contributed by atoms with van der Waals surface area (Å²) in [6.45, 7) is 2.13. The van der Waals surface area contributed by atoms with Crippen LogP contribution in [0.15, 0.2) is 91.0 Å². The zero-order valence-electron chi connectivity index (χ0n) is 18.6. The Bertz CT molecular complexity index is 1720. The van der Waals surface area contributed by atoms with Crippen molar-refractivity contribution in [1.82, 2.24) is 19.5 Å². The Kier molecular flexibility index (Phi) is 4.05. The molecule has 2 aromatic heterocycles. The van der Waals surface area contributed by atoms with Crippen LogP contribution in [0, 0.1) is 0 Å². The van der Waals surface area contributed by atoms with E-state index in [0.717, 1.165) is 74.0 Å². The number of imidazole rings is 1. The Morgan fingerprint density at radius 2 is 1.35 bits per heavy atom. The first-order chi connectivity index (χ1) is 16.8. The second kappa shape index (κ2) is 7.25. The molecule has 7 rings (SSSR count). The van der Waals surface area contributed by atoms with Crippen LogP contribution in [0.1, 0.15) is 12.7 Å². The van der Waals surface area contributed by atoms with Crippen molar-refractivity contribution in [3.8, 4) is 39.7 Å². The number of aromatic nitrogens is 4. The van der Waals surface area contributed by atoms with Crippen LogP contribution in [0.5, 0.6) is 11.5 Å². The van der Waals surface area contributed by atoms with Gasteiger partial charge in [-0.25, -0.2) is 15.0 Å². The average Bonchev–Trinajstić information content (AvgIpc) is 3.28. The summed E-state index contributed by atoms with van der Waals surface area (Å²) < 4.78 is 8.61. The fourth-order valence-corrected chi connectivity index (χ4v) is 4.77. The smallest absolute Gasteiger partial charge is 0.153 e. The third kappa shape index (κ3) is 2.77. The number of benzene rings is 4. The fourth-order valence-electron chi connectivity index (χ4n) is 4.77. The molecule has 0 bridgehead atoms. The fraction of sp³-hybridized carbons (Fsp3) is 0.0690. The van der Waals surface area contributed by atoms with Crippen LogP contribution in [-0.4, -0.2) is 19.5 Å². The molecule has 3 heterocycles. The highest BCUT2D eigenvalue weighted by atomic mass is 16.5. The van der Waals surface area contributed by atoms with Crippen LogP contribution in [0.4, 0.5) is 0 Å². The maximum absolute atomic E-state index is 6.39. The monoisotopic (exact) mass is 440 g/mol. The zero-order chi connectivity index (χ0) is 22.6. The van der Waals surface area contributed by atoms with Crippen molar-refractivity contribution in [3.63, 3.8) is 0 Å². The van der Waals surface area contributed by atoms with Gasteiger partial charge in [-0.2, -0.15) is 0 Å². The van der Waals surface area contributed by atoms with Crippen molar-refractivity contribution < 1.29 is 4.74 Å². The summed E-state index contributed by atoms with van der Waals surface area (Å²) in [6.07, 6.45) is 0.837. The van der Waals surface area contributed by atoms with E-state index < -0.39 is 0 Å². The van der Waals surface area contributed by atoms with Crippen LogP contribution < -0.4 is 4.74 Å². The maximum atomic E-state index is 6.39. The van der Waals surface area contributed by atoms with Gasteiger partial charge in [0, 0.05) is 17.5 Å². The van der Waals surface area contributed by atoms with Gasteiger partial charge in [0.25, 0.3) is 0 Å². The standard InChI is InChI=1S/C29H20N4O/c1-2-26-30-22-13-8-14-24-29(22)33(26)23-16-15-19(17-25(23)34-24)28-27(18-9-4-3-5-10-18)31-20-11-6-7-12-21(20)32-28/h3-17H,2H2,1H3. The molecule has 1 aliphatic heterocycles. The highest BCUT2D eigenvalue weighted by molar-refractivity contribution is 5.90. The van der Waals surface area contributed by atoms with Gasteiger partial charge in [0.2, 0.25) is 0 Å². The molecular weight excluding hydrogens is 420 g/mol. The molecule has 5 heteroatoms. The Morgan fingerprint density at radius 3 is 2.12 bits per heavy atom. The van der Waals surface area contributed by atoms with Gasteiger partial charge in [-0.05, 0) is 36.4 Å². The topological polar surface area (TPSA) is 52.8 Å².